The van der Waals surface area contributed by atoms with Gasteiger partial charge >= 0.3 is 5.97 Å². The molecule has 0 saturated carbocycles. The highest BCUT2D eigenvalue weighted by Gasteiger charge is 2.32. The third-order valence-electron chi connectivity index (χ3n) is 3.48. The molecule has 0 spiro atoms. The van der Waals surface area contributed by atoms with Gasteiger partial charge in [0.25, 0.3) is 0 Å². The Labute approximate surface area is 115 Å². The van der Waals surface area contributed by atoms with E-state index < -0.39 is 5.97 Å². The number of amides is 1. The van der Waals surface area contributed by atoms with Crippen LogP contribution in [0.1, 0.15) is 40.5 Å². The highest BCUT2D eigenvalue weighted by atomic mass is 16.4. The third-order valence-corrected chi connectivity index (χ3v) is 3.48. The molecule has 1 fully saturated rings. The Morgan fingerprint density at radius 3 is 2.42 bits per heavy atom. The average molecular weight is 270 g/mol. The minimum Gasteiger partial charge on any atom is -0.481 e. The van der Waals surface area contributed by atoms with Crippen LogP contribution in [0.15, 0.2) is 0 Å². The van der Waals surface area contributed by atoms with E-state index in [4.69, 9.17) is 5.11 Å². The van der Waals surface area contributed by atoms with Gasteiger partial charge in [-0.2, -0.15) is 0 Å². The molecule has 110 valence electrons. The van der Waals surface area contributed by atoms with Gasteiger partial charge in [0.15, 0.2) is 0 Å². The lowest BCUT2D eigenvalue weighted by Crippen LogP contribution is -2.43. The Kier molecular flexibility index (Phi) is 5.35. The maximum Gasteiger partial charge on any atom is 0.305 e. The number of carbonyl (C=O) groups excluding carboxylic acids is 1. The highest BCUT2D eigenvalue weighted by molar-refractivity contribution is 5.80. The van der Waals surface area contributed by atoms with E-state index in [2.05, 4.69) is 10.6 Å². The van der Waals surface area contributed by atoms with Crippen LogP contribution in [-0.4, -0.2) is 36.1 Å². The Balaban J connectivity index is 2.60. The van der Waals surface area contributed by atoms with Gasteiger partial charge in [0.2, 0.25) is 5.91 Å². The molecule has 0 aliphatic carbocycles. The van der Waals surface area contributed by atoms with Crippen LogP contribution in [0.5, 0.6) is 0 Å². The van der Waals surface area contributed by atoms with Crippen molar-refractivity contribution in [3.05, 3.63) is 0 Å². The van der Waals surface area contributed by atoms with Gasteiger partial charge in [-0.3, -0.25) is 9.59 Å². The summed E-state index contributed by atoms with van der Waals surface area (Å²) in [5.41, 5.74) is -0.00701. The predicted molar refractivity (Wildman–Crippen MR) is 73.8 cm³/mol. The van der Waals surface area contributed by atoms with E-state index in [-0.39, 0.29) is 29.7 Å². The van der Waals surface area contributed by atoms with Gasteiger partial charge in [-0.1, -0.05) is 27.7 Å². The van der Waals surface area contributed by atoms with Crippen molar-refractivity contribution in [3.8, 4) is 0 Å². The second-order valence-corrected chi connectivity index (χ2v) is 6.81. The molecule has 1 rings (SSSR count). The maximum absolute atomic E-state index is 12.2. The van der Waals surface area contributed by atoms with E-state index in [9.17, 15) is 9.59 Å². The number of carboxylic acid groups (broad SMARTS) is 1. The molecule has 1 heterocycles. The molecule has 0 aromatic heterocycles. The van der Waals surface area contributed by atoms with Crippen molar-refractivity contribution in [1.29, 1.82) is 0 Å². The van der Waals surface area contributed by atoms with E-state index in [1.54, 1.807) is 0 Å². The van der Waals surface area contributed by atoms with Crippen molar-refractivity contribution in [2.75, 3.05) is 13.1 Å². The van der Waals surface area contributed by atoms with Crippen molar-refractivity contribution in [2.45, 2.75) is 46.6 Å². The molecule has 0 bridgehead atoms. The topological polar surface area (TPSA) is 78.4 Å². The average Bonchev–Trinajstić information content (AvgIpc) is 2.60. The molecule has 0 aromatic rings. The van der Waals surface area contributed by atoms with Crippen LogP contribution in [0.3, 0.4) is 0 Å². The summed E-state index contributed by atoms with van der Waals surface area (Å²) >= 11 is 0. The third kappa shape index (κ3) is 5.59. The fourth-order valence-electron chi connectivity index (χ4n) is 2.59. The Hall–Kier alpha value is -1.10. The summed E-state index contributed by atoms with van der Waals surface area (Å²) in [7, 11) is 0. The molecular formula is C14H26N2O3. The number of aliphatic carboxylic acids is 1. The van der Waals surface area contributed by atoms with E-state index in [0.29, 0.717) is 18.9 Å². The monoisotopic (exact) mass is 270 g/mol. The summed E-state index contributed by atoms with van der Waals surface area (Å²) in [4.78, 5) is 23.1. The fourth-order valence-corrected chi connectivity index (χ4v) is 2.59. The summed E-state index contributed by atoms with van der Waals surface area (Å²) in [6.07, 6.45) is 0.650. The van der Waals surface area contributed by atoms with Crippen LogP contribution >= 0.6 is 0 Å². The largest absolute Gasteiger partial charge is 0.481 e. The smallest absolute Gasteiger partial charge is 0.305 e. The minimum atomic E-state index is -0.868. The van der Waals surface area contributed by atoms with Crippen molar-refractivity contribution >= 4 is 11.9 Å². The molecule has 3 unspecified atom stereocenters. The molecule has 0 radical (unpaired) electrons. The first-order valence-electron chi connectivity index (χ1n) is 6.92. The first-order chi connectivity index (χ1) is 8.69. The van der Waals surface area contributed by atoms with Crippen LogP contribution < -0.4 is 10.6 Å². The van der Waals surface area contributed by atoms with Crippen LogP contribution in [0, 0.1) is 17.3 Å². The van der Waals surface area contributed by atoms with Crippen molar-refractivity contribution in [1.82, 2.24) is 10.6 Å². The lowest BCUT2D eigenvalue weighted by atomic mass is 9.86. The van der Waals surface area contributed by atoms with Crippen molar-refractivity contribution in [2.24, 2.45) is 17.3 Å². The number of hydrogen-bond acceptors (Lipinski definition) is 3. The molecule has 1 aliphatic heterocycles. The molecule has 1 aliphatic rings. The molecule has 3 N–H and O–H groups in total. The van der Waals surface area contributed by atoms with E-state index in [1.807, 2.05) is 27.7 Å². The summed E-state index contributed by atoms with van der Waals surface area (Å²) < 4.78 is 0. The summed E-state index contributed by atoms with van der Waals surface area (Å²) in [6, 6.07) is -0.294. The number of rotatable bonds is 5. The molecule has 1 saturated heterocycles. The van der Waals surface area contributed by atoms with Gasteiger partial charge in [0.05, 0.1) is 12.3 Å². The lowest BCUT2D eigenvalue weighted by Gasteiger charge is -2.27. The normalized spacial score (nSPS) is 25.1. The van der Waals surface area contributed by atoms with Gasteiger partial charge in [-0.15, -0.1) is 0 Å². The second kappa shape index (κ2) is 6.37. The van der Waals surface area contributed by atoms with Crippen molar-refractivity contribution < 1.29 is 14.7 Å². The molecule has 0 aromatic carbocycles. The van der Waals surface area contributed by atoms with Gasteiger partial charge < -0.3 is 15.7 Å². The zero-order valence-electron chi connectivity index (χ0n) is 12.3. The standard InChI is InChI=1S/C14H26N2O3/c1-9-7-15-8-11(9)13(19)16-10(5-12(17)18)6-14(2,3)4/h9-11,15H,5-8H2,1-4H3,(H,16,19)(H,17,18). The van der Waals surface area contributed by atoms with E-state index >= 15 is 0 Å². The van der Waals surface area contributed by atoms with Gasteiger partial charge in [-0.05, 0) is 24.3 Å². The predicted octanol–water partition coefficient (Wildman–Crippen LogP) is 1.24. The van der Waals surface area contributed by atoms with Crippen LogP contribution in [0.2, 0.25) is 0 Å². The van der Waals surface area contributed by atoms with Crippen LogP contribution in [0.4, 0.5) is 0 Å². The molecule has 3 atom stereocenters. The fraction of sp³-hybridized carbons (Fsp3) is 0.857. The molecule has 1 amide bonds. The molecule has 5 heteroatoms. The molecule has 19 heavy (non-hydrogen) atoms. The Morgan fingerprint density at radius 2 is 2.00 bits per heavy atom. The SMILES string of the molecule is CC1CNCC1C(=O)NC(CC(=O)O)CC(C)(C)C. The Bertz CT molecular complexity index is 336. The van der Waals surface area contributed by atoms with E-state index in [0.717, 1.165) is 6.54 Å². The molecular weight excluding hydrogens is 244 g/mol. The van der Waals surface area contributed by atoms with Gasteiger partial charge in [-0.25, -0.2) is 0 Å². The lowest BCUT2D eigenvalue weighted by molar-refractivity contribution is -0.138. The van der Waals surface area contributed by atoms with Crippen LogP contribution in [-0.2, 0) is 9.59 Å². The minimum absolute atomic E-state index is 0.00701. The summed E-state index contributed by atoms with van der Waals surface area (Å²) in [5, 5.41) is 15.1. The second-order valence-electron chi connectivity index (χ2n) is 6.81. The Morgan fingerprint density at radius 1 is 1.37 bits per heavy atom. The van der Waals surface area contributed by atoms with Gasteiger partial charge in [0.1, 0.15) is 0 Å². The van der Waals surface area contributed by atoms with Gasteiger partial charge in [0, 0.05) is 12.6 Å². The van der Waals surface area contributed by atoms with E-state index in [1.165, 1.54) is 0 Å². The number of hydrogen-bond donors (Lipinski definition) is 3. The summed E-state index contributed by atoms with van der Waals surface area (Å²) in [5.74, 6) is -0.628. The number of carbonyl (C=O) groups is 2. The van der Waals surface area contributed by atoms with Crippen molar-refractivity contribution in [3.63, 3.8) is 0 Å². The number of carboxylic acids is 1. The maximum atomic E-state index is 12.2. The number of nitrogens with one attached hydrogen (secondary N) is 2. The first kappa shape index (κ1) is 16.0. The molecule has 5 nitrogen and oxygen atoms in total. The van der Waals surface area contributed by atoms with Crippen LogP contribution in [0.25, 0.3) is 0 Å². The summed E-state index contributed by atoms with van der Waals surface area (Å²) in [6.45, 7) is 9.72. The zero-order chi connectivity index (χ0) is 14.6. The quantitative estimate of drug-likeness (QED) is 0.702. The zero-order valence-corrected chi connectivity index (χ0v) is 12.3. The highest BCUT2D eigenvalue weighted by Crippen LogP contribution is 2.23. The first-order valence-corrected chi connectivity index (χ1v) is 6.92.